The SMILES string of the molecule is CC(C)C1CCC(N2CCC(n3c(CCNN[SH](=O)=O)c(CN4CCCC4)c4ccccc43)CC2)CC1. The van der Waals surface area contributed by atoms with E-state index in [0.717, 1.165) is 30.8 Å². The van der Waals surface area contributed by atoms with Gasteiger partial charge in [0.2, 0.25) is 10.9 Å². The van der Waals surface area contributed by atoms with Crippen LogP contribution in [-0.2, 0) is 23.9 Å². The molecule has 2 aromatic rings. The van der Waals surface area contributed by atoms with Gasteiger partial charge in [0.05, 0.1) is 0 Å². The summed E-state index contributed by atoms with van der Waals surface area (Å²) in [5.74, 6) is 1.74. The average Bonchev–Trinajstić information content (AvgIpc) is 3.53. The van der Waals surface area contributed by atoms with Gasteiger partial charge in [0.15, 0.2) is 0 Å². The first kappa shape index (κ1) is 27.1. The molecule has 0 bridgehead atoms. The minimum atomic E-state index is -2.64. The number of thiol groups is 1. The van der Waals surface area contributed by atoms with E-state index in [1.54, 1.807) is 0 Å². The minimum absolute atomic E-state index is 0.500. The van der Waals surface area contributed by atoms with Crippen molar-refractivity contribution in [2.24, 2.45) is 11.8 Å². The fourth-order valence-electron chi connectivity index (χ4n) is 7.36. The number of nitrogens with zero attached hydrogens (tertiary/aromatic N) is 3. The van der Waals surface area contributed by atoms with Gasteiger partial charge < -0.3 is 9.47 Å². The quantitative estimate of drug-likeness (QED) is 0.244. The summed E-state index contributed by atoms with van der Waals surface area (Å²) in [5, 5.41) is 1.38. The average molecular weight is 530 g/mol. The molecule has 1 aliphatic carbocycles. The van der Waals surface area contributed by atoms with E-state index < -0.39 is 10.9 Å². The Morgan fingerprint density at radius 2 is 1.62 bits per heavy atom. The Kier molecular flexibility index (Phi) is 9.24. The number of likely N-dealkylation sites (tertiary alicyclic amines) is 2. The van der Waals surface area contributed by atoms with Gasteiger partial charge >= 0.3 is 0 Å². The summed E-state index contributed by atoms with van der Waals surface area (Å²) in [4.78, 5) is 7.75. The molecule has 3 fully saturated rings. The highest BCUT2D eigenvalue weighted by molar-refractivity contribution is 7.70. The Bertz CT molecular complexity index is 1080. The van der Waals surface area contributed by atoms with Crippen molar-refractivity contribution < 1.29 is 8.42 Å². The lowest BCUT2D eigenvalue weighted by atomic mass is 9.79. The van der Waals surface area contributed by atoms with Crippen LogP contribution in [0.3, 0.4) is 0 Å². The summed E-state index contributed by atoms with van der Waals surface area (Å²) in [6.45, 7) is 11.1. The highest BCUT2D eigenvalue weighted by Gasteiger charge is 2.32. The van der Waals surface area contributed by atoms with Gasteiger partial charge in [-0.3, -0.25) is 4.90 Å². The van der Waals surface area contributed by atoms with Gasteiger partial charge in [0.25, 0.3) is 0 Å². The van der Waals surface area contributed by atoms with Crippen molar-refractivity contribution in [3.63, 3.8) is 0 Å². The molecular weight excluding hydrogens is 482 g/mol. The van der Waals surface area contributed by atoms with Crippen LogP contribution in [0.15, 0.2) is 24.3 Å². The zero-order valence-electron chi connectivity index (χ0n) is 22.8. The van der Waals surface area contributed by atoms with Gasteiger partial charge in [0.1, 0.15) is 0 Å². The Morgan fingerprint density at radius 1 is 0.919 bits per heavy atom. The van der Waals surface area contributed by atoms with E-state index in [-0.39, 0.29) is 0 Å². The summed E-state index contributed by atoms with van der Waals surface area (Å²) in [6, 6.07) is 10.2. The second-order valence-corrected chi connectivity index (χ2v) is 12.7. The summed E-state index contributed by atoms with van der Waals surface area (Å²) in [6.07, 6.45) is 11.3. The third-order valence-corrected chi connectivity index (χ3v) is 9.77. The normalized spacial score (nSPS) is 24.6. The van der Waals surface area contributed by atoms with Crippen molar-refractivity contribution in [2.75, 3.05) is 32.7 Å². The number of aromatic nitrogens is 1. The standard InChI is InChI=1S/C29H47N5O2S/c1-22(2)23-9-11-24(12-10-23)33-19-14-25(15-20-33)34-28-8-4-3-7-26(28)27(21-32-17-5-6-18-32)29(34)13-16-30-31-37(35)36/h3-4,7-8,22-25,30,37H,5-6,9-21H2,1-2H3,(H,31,35,36). The maximum Gasteiger partial charge on any atom is 0.214 e. The van der Waals surface area contributed by atoms with Crippen LogP contribution >= 0.6 is 0 Å². The molecule has 5 rings (SSSR count). The molecule has 1 aromatic carbocycles. The predicted octanol–water partition coefficient (Wildman–Crippen LogP) is 4.25. The predicted molar refractivity (Wildman–Crippen MR) is 152 cm³/mol. The molecule has 2 N–H and O–H groups in total. The number of hydrazine groups is 1. The number of piperidine rings is 1. The molecule has 0 atom stereocenters. The lowest BCUT2D eigenvalue weighted by Crippen LogP contribution is -2.44. The van der Waals surface area contributed by atoms with Crippen LogP contribution in [-0.4, -0.2) is 61.6 Å². The topological polar surface area (TPSA) is 69.6 Å². The molecule has 37 heavy (non-hydrogen) atoms. The van der Waals surface area contributed by atoms with Crippen molar-refractivity contribution in [1.82, 2.24) is 24.6 Å². The van der Waals surface area contributed by atoms with E-state index >= 15 is 0 Å². The van der Waals surface area contributed by atoms with Crippen molar-refractivity contribution in [3.05, 3.63) is 35.5 Å². The first-order valence-electron chi connectivity index (χ1n) is 14.7. The third kappa shape index (κ3) is 6.41. The van der Waals surface area contributed by atoms with Crippen LogP contribution in [0.2, 0.25) is 0 Å². The molecule has 3 aliphatic rings. The highest BCUT2D eigenvalue weighted by atomic mass is 32.2. The number of benzene rings is 1. The molecule has 0 unspecified atom stereocenters. The molecule has 2 aliphatic heterocycles. The number of rotatable bonds is 10. The number of hydrogen-bond acceptors (Lipinski definition) is 5. The lowest BCUT2D eigenvalue weighted by Gasteiger charge is -2.42. The molecule has 0 spiro atoms. The summed E-state index contributed by atoms with van der Waals surface area (Å²) >= 11 is 0. The first-order valence-corrected chi connectivity index (χ1v) is 15.9. The Morgan fingerprint density at radius 3 is 2.30 bits per heavy atom. The molecule has 206 valence electrons. The molecule has 0 amide bonds. The maximum absolute atomic E-state index is 11.0. The van der Waals surface area contributed by atoms with Crippen molar-refractivity contribution in [3.8, 4) is 0 Å². The molecule has 2 saturated heterocycles. The molecule has 3 heterocycles. The van der Waals surface area contributed by atoms with Crippen LogP contribution < -0.4 is 10.3 Å². The van der Waals surface area contributed by atoms with E-state index in [1.807, 2.05) is 0 Å². The second kappa shape index (κ2) is 12.6. The fraction of sp³-hybridized carbons (Fsp3) is 0.724. The van der Waals surface area contributed by atoms with Crippen LogP contribution in [0.4, 0.5) is 0 Å². The fourth-order valence-corrected chi connectivity index (χ4v) is 7.60. The molecule has 8 heteroatoms. The van der Waals surface area contributed by atoms with E-state index in [2.05, 4.69) is 62.7 Å². The zero-order valence-corrected chi connectivity index (χ0v) is 23.7. The summed E-state index contributed by atoms with van der Waals surface area (Å²) < 4.78 is 24.7. The molecule has 0 radical (unpaired) electrons. The van der Waals surface area contributed by atoms with Crippen LogP contribution in [0.25, 0.3) is 10.9 Å². The van der Waals surface area contributed by atoms with Crippen LogP contribution in [0.1, 0.15) is 82.5 Å². The number of fused-ring (bicyclic) bond motifs is 1. The minimum Gasteiger partial charge on any atom is -0.341 e. The molecular formula is C29H47N5O2S. The molecule has 1 saturated carbocycles. The third-order valence-electron chi connectivity index (χ3n) is 9.43. The zero-order chi connectivity index (χ0) is 25.8. The highest BCUT2D eigenvalue weighted by Crippen LogP contribution is 2.38. The van der Waals surface area contributed by atoms with E-state index in [4.69, 9.17) is 0 Å². The van der Waals surface area contributed by atoms with Gasteiger partial charge in [-0.15, -0.1) is 0 Å². The van der Waals surface area contributed by atoms with Gasteiger partial charge in [-0.2, -0.15) is 4.83 Å². The Balaban J connectivity index is 1.35. The number of hydrogen-bond donors (Lipinski definition) is 3. The molecule has 1 aromatic heterocycles. The van der Waals surface area contributed by atoms with Gasteiger partial charge in [-0.05, 0) is 87.9 Å². The van der Waals surface area contributed by atoms with Crippen molar-refractivity contribution in [2.45, 2.75) is 90.3 Å². The van der Waals surface area contributed by atoms with Crippen LogP contribution in [0, 0.1) is 11.8 Å². The Hall–Kier alpha value is -1.45. The van der Waals surface area contributed by atoms with E-state index in [0.29, 0.717) is 12.6 Å². The monoisotopic (exact) mass is 529 g/mol. The largest absolute Gasteiger partial charge is 0.341 e. The first-order chi connectivity index (χ1) is 18.0. The maximum atomic E-state index is 11.0. The molecule has 7 nitrogen and oxygen atoms in total. The van der Waals surface area contributed by atoms with E-state index in [9.17, 15) is 8.42 Å². The van der Waals surface area contributed by atoms with Crippen molar-refractivity contribution in [1.29, 1.82) is 0 Å². The van der Waals surface area contributed by atoms with Crippen molar-refractivity contribution >= 4 is 21.8 Å². The smallest absolute Gasteiger partial charge is 0.214 e. The lowest BCUT2D eigenvalue weighted by molar-refractivity contribution is 0.0889. The van der Waals surface area contributed by atoms with E-state index in [1.165, 1.54) is 99.7 Å². The van der Waals surface area contributed by atoms with Gasteiger partial charge in [-0.25, -0.2) is 13.8 Å². The van der Waals surface area contributed by atoms with Gasteiger partial charge in [-0.1, -0.05) is 32.0 Å². The van der Waals surface area contributed by atoms with Gasteiger partial charge in [0, 0.05) is 61.3 Å². The second-order valence-electron chi connectivity index (χ2n) is 11.9. The van der Waals surface area contributed by atoms with Crippen LogP contribution in [0.5, 0.6) is 0 Å². The Labute approximate surface area is 225 Å². The summed E-state index contributed by atoms with van der Waals surface area (Å²) in [5.41, 5.74) is 7.09. The summed E-state index contributed by atoms with van der Waals surface area (Å²) in [7, 11) is -2.64. The number of nitrogens with one attached hydrogen (secondary N) is 2. The number of para-hydroxylation sites is 1.